The lowest BCUT2D eigenvalue weighted by Gasteiger charge is -2.31. The Morgan fingerprint density at radius 1 is 1.11 bits per heavy atom. The minimum absolute atomic E-state index is 0.162. The molecular formula is C27H31N3O4S2. The van der Waals surface area contributed by atoms with Crippen molar-refractivity contribution in [2.75, 3.05) is 38.9 Å². The lowest BCUT2D eigenvalue weighted by Crippen LogP contribution is -2.38. The molecule has 190 valence electrons. The van der Waals surface area contributed by atoms with Crippen LogP contribution in [0.5, 0.6) is 11.5 Å². The van der Waals surface area contributed by atoms with E-state index in [0.29, 0.717) is 42.4 Å². The van der Waals surface area contributed by atoms with Gasteiger partial charge in [0.2, 0.25) is 5.91 Å². The molecule has 1 fully saturated rings. The second kappa shape index (κ2) is 11.8. The highest BCUT2D eigenvalue weighted by atomic mass is 32.2. The summed E-state index contributed by atoms with van der Waals surface area (Å²) in [5.41, 5.74) is 2.97. The zero-order valence-corrected chi connectivity index (χ0v) is 22.6. The van der Waals surface area contributed by atoms with E-state index in [-0.39, 0.29) is 17.7 Å². The Hall–Kier alpha value is -3.04. The maximum absolute atomic E-state index is 12.9. The van der Waals surface area contributed by atoms with E-state index in [4.69, 9.17) is 9.47 Å². The van der Waals surface area contributed by atoms with Crippen molar-refractivity contribution in [3.8, 4) is 11.5 Å². The number of nitrogens with one attached hydrogen (secondary N) is 1. The van der Waals surface area contributed by atoms with Gasteiger partial charge in [-0.05, 0) is 55.3 Å². The van der Waals surface area contributed by atoms with Gasteiger partial charge >= 0.3 is 0 Å². The average Bonchev–Trinajstić information content (AvgIpc) is 3.40. The smallest absolute Gasteiger partial charge is 0.275 e. The molecule has 0 saturated carbocycles. The van der Waals surface area contributed by atoms with Gasteiger partial charge in [-0.15, -0.1) is 23.1 Å². The zero-order valence-electron chi connectivity index (χ0n) is 21.0. The molecule has 3 aromatic rings. The van der Waals surface area contributed by atoms with Crippen molar-refractivity contribution >= 4 is 40.6 Å². The van der Waals surface area contributed by atoms with Crippen molar-refractivity contribution in [1.29, 1.82) is 0 Å². The number of nitrogens with zero attached hydrogens (tertiary/aromatic N) is 2. The maximum atomic E-state index is 12.9. The number of hydrogen-bond donors (Lipinski definition) is 1. The number of methoxy groups -OCH3 is 2. The molecule has 0 bridgehead atoms. The molecule has 1 aliphatic rings. The van der Waals surface area contributed by atoms with Crippen LogP contribution in [-0.4, -0.2) is 55.3 Å². The third-order valence-electron chi connectivity index (χ3n) is 6.44. The second-order valence-electron chi connectivity index (χ2n) is 8.73. The molecule has 1 saturated heterocycles. The molecule has 2 heterocycles. The van der Waals surface area contributed by atoms with Crippen molar-refractivity contribution < 1.29 is 19.1 Å². The predicted molar refractivity (Wildman–Crippen MR) is 145 cm³/mol. The van der Waals surface area contributed by atoms with Crippen molar-refractivity contribution in [3.63, 3.8) is 0 Å². The summed E-state index contributed by atoms with van der Waals surface area (Å²) in [5.74, 6) is 1.32. The first-order valence-electron chi connectivity index (χ1n) is 11.8. The summed E-state index contributed by atoms with van der Waals surface area (Å²) in [6, 6.07) is 11.8. The van der Waals surface area contributed by atoms with Gasteiger partial charge in [0.05, 0.1) is 25.6 Å². The minimum Gasteiger partial charge on any atom is -0.493 e. The fourth-order valence-corrected chi connectivity index (χ4v) is 5.67. The third kappa shape index (κ3) is 6.02. The molecule has 1 N–H and O–H groups in total. The van der Waals surface area contributed by atoms with Crippen LogP contribution >= 0.6 is 23.1 Å². The predicted octanol–water partition coefficient (Wildman–Crippen LogP) is 5.39. The number of benzene rings is 2. The van der Waals surface area contributed by atoms with Crippen molar-refractivity contribution in [1.82, 2.24) is 9.88 Å². The molecule has 0 atom stereocenters. The summed E-state index contributed by atoms with van der Waals surface area (Å²) in [7, 11) is 3.14. The summed E-state index contributed by atoms with van der Waals surface area (Å²) in [5, 5.41) is 5.69. The number of carbonyl (C=O) groups is 2. The quantitative estimate of drug-likeness (QED) is 0.397. The Labute approximate surface area is 220 Å². The van der Waals surface area contributed by atoms with Crippen LogP contribution in [0.4, 0.5) is 5.69 Å². The standard InChI is InChI=1S/C27H31N3O4S2/c1-17-13-23(33-2)24(34-3)15-21(17)28-26(32)22-16-36-27(29-22)19-9-11-30(12-10-19)25(31)14-18-5-7-20(35-4)8-6-18/h5-8,13,15-16,19H,9-12,14H2,1-4H3,(H,28,32). The first-order chi connectivity index (χ1) is 17.4. The molecule has 9 heteroatoms. The number of hydrogen-bond acceptors (Lipinski definition) is 7. The first-order valence-corrected chi connectivity index (χ1v) is 13.9. The molecule has 36 heavy (non-hydrogen) atoms. The molecule has 0 aliphatic carbocycles. The van der Waals surface area contributed by atoms with E-state index in [9.17, 15) is 9.59 Å². The number of aryl methyl sites for hydroxylation is 1. The molecule has 1 aromatic heterocycles. The summed E-state index contributed by atoms with van der Waals surface area (Å²) in [6.45, 7) is 3.31. The Balaban J connectivity index is 1.33. The number of likely N-dealkylation sites (tertiary alicyclic amines) is 1. The van der Waals surface area contributed by atoms with E-state index < -0.39 is 0 Å². The summed E-state index contributed by atoms with van der Waals surface area (Å²) in [6.07, 6.45) is 4.17. The number of anilines is 1. The molecule has 2 aromatic carbocycles. The van der Waals surface area contributed by atoms with Gasteiger partial charge in [0.15, 0.2) is 11.5 Å². The second-order valence-corrected chi connectivity index (χ2v) is 10.5. The Morgan fingerprint density at radius 3 is 2.42 bits per heavy atom. The summed E-state index contributed by atoms with van der Waals surface area (Å²) in [4.78, 5) is 33.4. The monoisotopic (exact) mass is 525 g/mol. The van der Waals surface area contributed by atoms with Gasteiger partial charge in [0, 0.05) is 41.0 Å². The Morgan fingerprint density at radius 2 is 1.78 bits per heavy atom. The van der Waals surface area contributed by atoms with Gasteiger partial charge in [0.1, 0.15) is 5.69 Å². The van der Waals surface area contributed by atoms with Gasteiger partial charge < -0.3 is 19.7 Å². The molecule has 4 rings (SSSR count). The zero-order chi connectivity index (χ0) is 25.7. The lowest BCUT2D eigenvalue weighted by atomic mass is 9.97. The number of rotatable bonds is 8. The van der Waals surface area contributed by atoms with Crippen molar-refractivity contribution in [2.45, 2.75) is 37.0 Å². The molecule has 7 nitrogen and oxygen atoms in total. The largest absolute Gasteiger partial charge is 0.493 e. The average molecular weight is 526 g/mol. The minimum atomic E-state index is -0.257. The molecule has 0 radical (unpaired) electrons. The van der Waals surface area contributed by atoms with Crippen LogP contribution in [0.2, 0.25) is 0 Å². The number of aromatic nitrogens is 1. The maximum Gasteiger partial charge on any atom is 0.275 e. The SMILES string of the molecule is COc1cc(C)c(NC(=O)c2csc(C3CCN(C(=O)Cc4ccc(SC)cc4)CC3)n2)cc1OC. The van der Waals surface area contributed by atoms with E-state index in [1.165, 1.54) is 16.2 Å². The molecule has 2 amide bonds. The van der Waals surface area contributed by atoms with Crippen LogP contribution in [0, 0.1) is 6.92 Å². The molecular weight excluding hydrogens is 494 g/mol. The van der Waals surface area contributed by atoms with E-state index in [1.54, 1.807) is 37.4 Å². The fraction of sp³-hybridized carbons (Fsp3) is 0.370. The third-order valence-corrected chi connectivity index (χ3v) is 8.20. The van der Waals surface area contributed by atoms with E-state index in [2.05, 4.69) is 22.4 Å². The normalized spacial score (nSPS) is 13.9. The molecule has 0 unspecified atom stereocenters. The van der Waals surface area contributed by atoms with Gasteiger partial charge in [-0.25, -0.2) is 4.98 Å². The highest BCUT2D eigenvalue weighted by Gasteiger charge is 2.26. The number of ether oxygens (including phenoxy) is 2. The van der Waals surface area contributed by atoms with Gasteiger partial charge in [-0.3, -0.25) is 9.59 Å². The summed E-state index contributed by atoms with van der Waals surface area (Å²) < 4.78 is 10.7. The topological polar surface area (TPSA) is 80.8 Å². The van der Waals surface area contributed by atoms with Crippen molar-refractivity contribution in [2.24, 2.45) is 0 Å². The number of thiazole rings is 1. The van der Waals surface area contributed by atoms with Gasteiger partial charge in [-0.2, -0.15) is 0 Å². The van der Waals surface area contributed by atoms with Crippen LogP contribution in [0.25, 0.3) is 0 Å². The fourth-order valence-electron chi connectivity index (χ4n) is 4.29. The van der Waals surface area contributed by atoms with Crippen LogP contribution in [0.1, 0.15) is 45.4 Å². The van der Waals surface area contributed by atoms with Crippen LogP contribution < -0.4 is 14.8 Å². The number of piperidine rings is 1. The Kier molecular flexibility index (Phi) is 8.53. The van der Waals surface area contributed by atoms with E-state index in [1.807, 2.05) is 36.3 Å². The van der Waals surface area contributed by atoms with Crippen LogP contribution in [-0.2, 0) is 11.2 Å². The van der Waals surface area contributed by atoms with Crippen LogP contribution in [0.3, 0.4) is 0 Å². The summed E-state index contributed by atoms with van der Waals surface area (Å²) >= 11 is 3.20. The highest BCUT2D eigenvalue weighted by Crippen LogP contribution is 2.34. The lowest BCUT2D eigenvalue weighted by molar-refractivity contribution is -0.131. The van der Waals surface area contributed by atoms with Gasteiger partial charge in [0.25, 0.3) is 5.91 Å². The number of thioether (sulfide) groups is 1. The molecule has 1 aliphatic heterocycles. The van der Waals surface area contributed by atoms with E-state index >= 15 is 0 Å². The number of amides is 2. The van der Waals surface area contributed by atoms with Gasteiger partial charge in [-0.1, -0.05) is 12.1 Å². The van der Waals surface area contributed by atoms with E-state index in [0.717, 1.165) is 29.0 Å². The molecule has 0 spiro atoms. The first kappa shape index (κ1) is 26.0. The van der Waals surface area contributed by atoms with Crippen LogP contribution in [0.15, 0.2) is 46.7 Å². The number of carbonyl (C=O) groups excluding carboxylic acids is 2. The van der Waals surface area contributed by atoms with Crippen molar-refractivity contribution in [3.05, 3.63) is 63.6 Å². The Bertz CT molecular complexity index is 1220. The highest BCUT2D eigenvalue weighted by molar-refractivity contribution is 7.98.